The van der Waals surface area contributed by atoms with Gasteiger partial charge in [0.25, 0.3) is 0 Å². The second-order valence-electron chi connectivity index (χ2n) is 6.47. The van der Waals surface area contributed by atoms with Crippen LogP contribution >= 0.6 is 0 Å². The Morgan fingerprint density at radius 2 is 1.75 bits per heavy atom. The molecule has 6 heteroatoms. The number of aromatic nitrogens is 1. The molecule has 0 spiro atoms. The molecule has 4 rings (SSSR count). The van der Waals surface area contributed by atoms with Gasteiger partial charge in [-0.2, -0.15) is 0 Å². The molecular formula is C22H22N4O2. The molecule has 0 amide bonds. The number of hydrogen-bond acceptors (Lipinski definition) is 4. The van der Waals surface area contributed by atoms with Crippen LogP contribution in [0.15, 0.2) is 74.6 Å². The minimum atomic E-state index is 0.509. The monoisotopic (exact) mass is 374 g/mol. The Morgan fingerprint density at radius 3 is 2.54 bits per heavy atom. The van der Waals surface area contributed by atoms with E-state index in [0.29, 0.717) is 19.0 Å². The smallest absolute Gasteiger partial charge is 0.191 e. The normalized spacial score (nSPS) is 11.7. The van der Waals surface area contributed by atoms with Gasteiger partial charge in [-0.05, 0) is 13.0 Å². The van der Waals surface area contributed by atoms with E-state index < -0.39 is 0 Å². The van der Waals surface area contributed by atoms with Crippen LogP contribution in [0.25, 0.3) is 22.3 Å². The lowest BCUT2D eigenvalue weighted by Gasteiger charge is -2.09. The fourth-order valence-electron chi connectivity index (χ4n) is 3.09. The molecular weight excluding hydrogens is 352 g/mol. The van der Waals surface area contributed by atoms with E-state index in [1.165, 1.54) is 0 Å². The van der Waals surface area contributed by atoms with E-state index in [1.807, 2.05) is 54.6 Å². The molecule has 28 heavy (non-hydrogen) atoms. The standard InChI is InChI=1S/C22H22N4O2/c1-15-18-10-6-7-11-19(18)27-21(15)14-25-22(23-2)24-13-17-12-20(28-26-17)16-8-4-3-5-9-16/h3-12H,13-14H2,1-2H3,(H2,23,24,25). The van der Waals surface area contributed by atoms with Crippen molar-refractivity contribution < 1.29 is 8.94 Å². The fraction of sp³-hybridized carbons (Fsp3) is 0.182. The molecule has 6 nitrogen and oxygen atoms in total. The van der Waals surface area contributed by atoms with Crippen LogP contribution in [0.4, 0.5) is 0 Å². The van der Waals surface area contributed by atoms with E-state index in [0.717, 1.165) is 39.3 Å². The lowest BCUT2D eigenvalue weighted by molar-refractivity contribution is 0.422. The van der Waals surface area contributed by atoms with Gasteiger partial charge in [0.05, 0.1) is 13.1 Å². The van der Waals surface area contributed by atoms with Crippen molar-refractivity contribution in [2.24, 2.45) is 4.99 Å². The summed E-state index contributed by atoms with van der Waals surface area (Å²) in [6.45, 7) is 3.13. The molecule has 2 heterocycles. The fourth-order valence-corrected chi connectivity index (χ4v) is 3.09. The Kier molecular flexibility index (Phi) is 5.10. The van der Waals surface area contributed by atoms with E-state index >= 15 is 0 Å². The van der Waals surface area contributed by atoms with Gasteiger partial charge in [0.15, 0.2) is 11.7 Å². The predicted molar refractivity (Wildman–Crippen MR) is 110 cm³/mol. The van der Waals surface area contributed by atoms with Crippen molar-refractivity contribution in [3.8, 4) is 11.3 Å². The Hall–Kier alpha value is -3.54. The number of hydrogen-bond donors (Lipinski definition) is 2. The Bertz CT molecular complexity index is 1100. The second-order valence-corrected chi connectivity index (χ2v) is 6.47. The zero-order valence-corrected chi connectivity index (χ0v) is 15.9. The van der Waals surface area contributed by atoms with Crippen molar-refractivity contribution in [2.75, 3.05) is 7.05 Å². The van der Waals surface area contributed by atoms with Crippen molar-refractivity contribution in [3.05, 3.63) is 77.7 Å². The van der Waals surface area contributed by atoms with Crippen LogP contribution in [0.2, 0.25) is 0 Å². The van der Waals surface area contributed by atoms with Crippen molar-refractivity contribution in [2.45, 2.75) is 20.0 Å². The summed E-state index contributed by atoms with van der Waals surface area (Å²) >= 11 is 0. The number of guanidine groups is 1. The number of aryl methyl sites for hydroxylation is 1. The number of nitrogens with zero attached hydrogens (tertiary/aromatic N) is 2. The number of rotatable bonds is 5. The third-order valence-electron chi connectivity index (χ3n) is 4.64. The first-order valence-corrected chi connectivity index (χ1v) is 9.17. The van der Waals surface area contributed by atoms with Gasteiger partial charge in [-0.1, -0.05) is 53.7 Å². The van der Waals surface area contributed by atoms with Gasteiger partial charge in [-0.15, -0.1) is 0 Å². The lowest BCUT2D eigenvalue weighted by Crippen LogP contribution is -2.36. The lowest BCUT2D eigenvalue weighted by atomic mass is 10.1. The maximum Gasteiger partial charge on any atom is 0.191 e. The van der Waals surface area contributed by atoms with Gasteiger partial charge < -0.3 is 19.6 Å². The highest BCUT2D eigenvalue weighted by atomic mass is 16.5. The van der Waals surface area contributed by atoms with Crippen LogP contribution in [0, 0.1) is 6.92 Å². The molecule has 142 valence electrons. The molecule has 0 saturated carbocycles. The average molecular weight is 374 g/mol. The highest BCUT2D eigenvalue weighted by Gasteiger charge is 2.11. The molecule has 2 aromatic heterocycles. The third-order valence-corrected chi connectivity index (χ3v) is 4.64. The summed E-state index contributed by atoms with van der Waals surface area (Å²) in [5.41, 5.74) is 3.85. The molecule has 0 bridgehead atoms. The quantitative estimate of drug-likeness (QED) is 0.403. The second kappa shape index (κ2) is 8.00. The molecule has 0 aliphatic heterocycles. The van der Waals surface area contributed by atoms with E-state index in [-0.39, 0.29) is 0 Å². The Labute approximate surface area is 163 Å². The molecule has 2 N–H and O–H groups in total. The first kappa shape index (κ1) is 17.9. The predicted octanol–water partition coefficient (Wildman–Crippen LogP) is 4.26. The molecule has 0 fully saturated rings. The van der Waals surface area contributed by atoms with Crippen molar-refractivity contribution in [1.29, 1.82) is 0 Å². The van der Waals surface area contributed by atoms with E-state index in [2.05, 4.69) is 33.8 Å². The summed E-state index contributed by atoms with van der Waals surface area (Å²) in [6.07, 6.45) is 0. The van der Waals surface area contributed by atoms with E-state index in [1.54, 1.807) is 7.05 Å². The van der Waals surface area contributed by atoms with Crippen LogP contribution in [0.1, 0.15) is 17.0 Å². The summed E-state index contributed by atoms with van der Waals surface area (Å²) in [6, 6.07) is 19.9. The summed E-state index contributed by atoms with van der Waals surface area (Å²) in [7, 11) is 1.74. The number of benzene rings is 2. The zero-order valence-electron chi connectivity index (χ0n) is 15.9. The van der Waals surface area contributed by atoms with Crippen molar-refractivity contribution >= 4 is 16.9 Å². The Balaban J connectivity index is 1.36. The number of nitrogens with one attached hydrogen (secondary N) is 2. The van der Waals surface area contributed by atoms with Crippen LogP contribution in [0.3, 0.4) is 0 Å². The molecule has 0 unspecified atom stereocenters. The maximum atomic E-state index is 5.94. The highest BCUT2D eigenvalue weighted by Crippen LogP contribution is 2.24. The summed E-state index contributed by atoms with van der Waals surface area (Å²) in [5.74, 6) is 2.32. The van der Waals surface area contributed by atoms with E-state index in [4.69, 9.17) is 8.94 Å². The minimum absolute atomic E-state index is 0.509. The number of furan rings is 1. The van der Waals surface area contributed by atoms with Crippen molar-refractivity contribution in [3.63, 3.8) is 0 Å². The molecule has 0 radical (unpaired) electrons. The number of fused-ring (bicyclic) bond motifs is 1. The van der Waals surface area contributed by atoms with Gasteiger partial charge in [0.2, 0.25) is 0 Å². The zero-order chi connectivity index (χ0) is 19.3. The SMILES string of the molecule is CN=C(NCc1cc(-c2ccccc2)on1)NCc1oc2ccccc2c1C. The van der Waals surface area contributed by atoms with Crippen LogP contribution in [0.5, 0.6) is 0 Å². The maximum absolute atomic E-state index is 5.94. The van der Waals surface area contributed by atoms with Crippen LogP contribution in [-0.4, -0.2) is 18.2 Å². The molecule has 2 aromatic carbocycles. The van der Waals surface area contributed by atoms with Gasteiger partial charge in [-0.25, -0.2) is 0 Å². The summed E-state index contributed by atoms with van der Waals surface area (Å²) in [4.78, 5) is 4.26. The number of aliphatic imine (C=N–C) groups is 1. The van der Waals surface area contributed by atoms with Crippen LogP contribution < -0.4 is 10.6 Å². The molecule has 0 atom stereocenters. The largest absolute Gasteiger partial charge is 0.459 e. The molecule has 0 aliphatic rings. The molecule has 0 saturated heterocycles. The topological polar surface area (TPSA) is 75.6 Å². The molecule has 4 aromatic rings. The van der Waals surface area contributed by atoms with Gasteiger partial charge >= 0.3 is 0 Å². The van der Waals surface area contributed by atoms with Gasteiger partial charge in [0, 0.05) is 29.6 Å². The summed E-state index contributed by atoms with van der Waals surface area (Å²) < 4.78 is 11.4. The van der Waals surface area contributed by atoms with E-state index in [9.17, 15) is 0 Å². The van der Waals surface area contributed by atoms with Gasteiger partial charge in [0.1, 0.15) is 17.0 Å². The summed E-state index contributed by atoms with van der Waals surface area (Å²) in [5, 5.41) is 11.8. The minimum Gasteiger partial charge on any atom is -0.459 e. The van der Waals surface area contributed by atoms with Gasteiger partial charge in [-0.3, -0.25) is 4.99 Å². The molecule has 0 aliphatic carbocycles. The number of para-hydroxylation sites is 1. The van der Waals surface area contributed by atoms with Crippen molar-refractivity contribution in [1.82, 2.24) is 15.8 Å². The first-order chi connectivity index (χ1) is 13.7. The first-order valence-electron chi connectivity index (χ1n) is 9.17. The highest BCUT2D eigenvalue weighted by molar-refractivity contribution is 5.83. The van der Waals surface area contributed by atoms with Crippen LogP contribution in [-0.2, 0) is 13.1 Å². The Morgan fingerprint density at radius 1 is 1.00 bits per heavy atom. The average Bonchev–Trinajstić information content (AvgIpc) is 3.34. The third kappa shape index (κ3) is 3.76.